The van der Waals surface area contributed by atoms with E-state index in [-0.39, 0.29) is 11.8 Å². The summed E-state index contributed by atoms with van der Waals surface area (Å²) in [6.45, 7) is 6.50. The van der Waals surface area contributed by atoms with Gasteiger partial charge in [-0.3, -0.25) is 9.59 Å². The Morgan fingerprint density at radius 1 is 1.07 bits per heavy atom. The minimum Gasteiger partial charge on any atom is -0.356 e. The molecular formula is C22H23N3O2S2. The van der Waals surface area contributed by atoms with Crippen LogP contribution in [-0.2, 0) is 4.79 Å². The fourth-order valence-electron chi connectivity index (χ4n) is 2.67. The van der Waals surface area contributed by atoms with E-state index in [0.717, 1.165) is 21.0 Å². The van der Waals surface area contributed by atoms with Gasteiger partial charge in [0.15, 0.2) is 4.34 Å². The van der Waals surface area contributed by atoms with Crippen molar-refractivity contribution < 1.29 is 9.59 Å². The molecule has 0 aliphatic carbocycles. The van der Waals surface area contributed by atoms with E-state index in [1.165, 1.54) is 23.1 Å². The Hall–Kier alpha value is -2.64. The largest absolute Gasteiger partial charge is 0.356 e. The molecule has 0 radical (unpaired) electrons. The molecule has 5 nitrogen and oxygen atoms in total. The Balaban J connectivity index is 1.86. The van der Waals surface area contributed by atoms with Crippen molar-refractivity contribution in [3.63, 3.8) is 0 Å². The number of nitrogens with one attached hydrogen (secondary N) is 2. The molecule has 0 saturated carbocycles. The van der Waals surface area contributed by atoms with E-state index in [9.17, 15) is 9.59 Å². The molecule has 0 aliphatic rings. The van der Waals surface area contributed by atoms with Crippen molar-refractivity contribution in [3.8, 4) is 11.3 Å². The highest BCUT2D eigenvalue weighted by Crippen LogP contribution is 2.37. The summed E-state index contributed by atoms with van der Waals surface area (Å²) >= 11 is 2.75. The number of amides is 2. The molecule has 0 fully saturated rings. The number of benzene rings is 2. The summed E-state index contributed by atoms with van der Waals surface area (Å²) < 4.78 is 0.741. The Morgan fingerprint density at radius 3 is 2.52 bits per heavy atom. The smallest absolute Gasteiger partial charge is 0.256 e. The first-order valence-electron chi connectivity index (χ1n) is 9.32. The first-order chi connectivity index (χ1) is 14.0. The third-order valence-corrected chi connectivity index (χ3v) is 6.47. The van der Waals surface area contributed by atoms with Crippen molar-refractivity contribution >= 4 is 39.9 Å². The lowest BCUT2D eigenvalue weighted by atomic mass is 10.1. The standard InChI is InChI=1S/C22H23N3O2S2/c1-4-23-18(26)13-28-22-24-19(16-8-6-5-7-9-16)21(29-22)25-20(27)17-11-10-14(2)15(3)12-17/h5-12H,4,13H2,1-3H3,(H,23,26)(H,25,27). The maximum Gasteiger partial charge on any atom is 0.256 e. The predicted octanol–water partition coefficient (Wildman–Crippen LogP) is 4.91. The van der Waals surface area contributed by atoms with Crippen LogP contribution in [0.3, 0.4) is 0 Å². The predicted molar refractivity (Wildman–Crippen MR) is 121 cm³/mol. The minimum absolute atomic E-state index is 0.0327. The van der Waals surface area contributed by atoms with Gasteiger partial charge in [-0.25, -0.2) is 4.98 Å². The zero-order valence-electron chi connectivity index (χ0n) is 16.6. The second-order valence-corrected chi connectivity index (χ2v) is 8.74. The maximum atomic E-state index is 12.8. The van der Waals surface area contributed by atoms with Gasteiger partial charge in [0.05, 0.1) is 5.75 Å². The lowest BCUT2D eigenvalue weighted by Crippen LogP contribution is -2.24. The Kier molecular flexibility index (Phi) is 7.06. The highest BCUT2D eigenvalue weighted by Gasteiger charge is 2.17. The number of hydrogen-bond acceptors (Lipinski definition) is 5. The molecule has 29 heavy (non-hydrogen) atoms. The molecule has 2 amide bonds. The number of aromatic nitrogens is 1. The van der Waals surface area contributed by atoms with Crippen LogP contribution in [0.1, 0.15) is 28.4 Å². The summed E-state index contributed by atoms with van der Waals surface area (Å²) in [6.07, 6.45) is 0. The van der Waals surface area contributed by atoms with Crippen molar-refractivity contribution in [2.75, 3.05) is 17.6 Å². The molecule has 2 N–H and O–H groups in total. The van der Waals surface area contributed by atoms with Gasteiger partial charge >= 0.3 is 0 Å². The molecule has 2 aromatic carbocycles. The molecule has 0 saturated heterocycles. The van der Waals surface area contributed by atoms with Gasteiger partial charge in [-0.2, -0.15) is 0 Å². The van der Waals surface area contributed by atoms with Gasteiger partial charge in [0.1, 0.15) is 10.7 Å². The number of hydrogen-bond donors (Lipinski definition) is 2. The molecule has 1 aromatic heterocycles. The highest BCUT2D eigenvalue weighted by molar-refractivity contribution is 8.01. The summed E-state index contributed by atoms with van der Waals surface area (Å²) in [5.41, 5.74) is 4.46. The maximum absolute atomic E-state index is 12.8. The van der Waals surface area contributed by atoms with Crippen molar-refractivity contribution in [2.24, 2.45) is 0 Å². The van der Waals surface area contributed by atoms with Gasteiger partial charge in [0.25, 0.3) is 5.91 Å². The number of carbonyl (C=O) groups is 2. The summed E-state index contributed by atoms with van der Waals surface area (Å²) in [5.74, 6) is 0.0871. The van der Waals surface area contributed by atoms with Gasteiger partial charge in [-0.05, 0) is 44.0 Å². The summed E-state index contributed by atoms with van der Waals surface area (Å²) in [5, 5.41) is 6.47. The number of thiazole rings is 1. The number of thioether (sulfide) groups is 1. The van der Waals surface area contributed by atoms with E-state index in [4.69, 9.17) is 0 Å². The van der Waals surface area contributed by atoms with Crippen LogP contribution >= 0.6 is 23.1 Å². The van der Waals surface area contributed by atoms with Gasteiger partial charge < -0.3 is 10.6 Å². The average Bonchev–Trinajstić information content (AvgIpc) is 3.12. The molecule has 3 aromatic rings. The van der Waals surface area contributed by atoms with Gasteiger partial charge in [-0.15, -0.1) is 0 Å². The van der Waals surface area contributed by atoms with Crippen LogP contribution in [0.15, 0.2) is 52.9 Å². The molecule has 150 valence electrons. The second kappa shape index (κ2) is 9.71. The van der Waals surface area contributed by atoms with Crippen molar-refractivity contribution in [2.45, 2.75) is 25.1 Å². The molecule has 0 unspecified atom stereocenters. The Labute approximate surface area is 179 Å². The van der Waals surface area contributed by atoms with Crippen LogP contribution in [-0.4, -0.2) is 29.1 Å². The number of nitrogens with zero attached hydrogens (tertiary/aromatic N) is 1. The molecule has 0 spiro atoms. The normalized spacial score (nSPS) is 10.6. The highest BCUT2D eigenvalue weighted by atomic mass is 32.2. The van der Waals surface area contributed by atoms with E-state index in [1.54, 1.807) is 0 Å². The third kappa shape index (κ3) is 5.46. The van der Waals surface area contributed by atoms with Crippen molar-refractivity contribution in [1.82, 2.24) is 10.3 Å². The quantitative estimate of drug-likeness (QED) is 0.528. The zero-order chi connectivity index (χ0) is 20.8. The van der Waals surface area contributed by atoms with Crippen LogP contribution in [0.25, 0.3) is 11.3 Å². The molecule has 0 atom stereocenters. The lowest BCUT2D eigenvalue weighted by Gasteiger charge is -2.07. The van der Waals surface area contributed by atoms with E-state index in [2.05, 4.69) is 15.6 Å². The summed E-state index contributed by atoms with van der Waals surface area (Å²) in [7, 11) is 0. The van der Waals surface area contributed by atoms with E-state index in [1.807, 2.05) is 69.3 Å². The number of rotatable bonds is 7. The third-order valence-electron chi connectivity index (χ3n) is 4.35. The van der Waals surface area contributed by atoms with Gasteiger partial charge in [0, 0.05) is 17.7 Å². The lowest BCUT2D eigenvalue weighted by molar-refractivity contribution is -0.118. The van der Waals surface area contributed by atoms with Gasteiger partial charge in [0.2, 0.25) is 5.91 Å². The van der Waals surface area contributed by atoms with E-state index in [0.29, 0.717) is 28.6 Å². The molecule has 3 rings (SSSR count). The molecular weight excluding hydrogens is 402 g/mol. The molecule has 1 heterocycles. The summed E-state index contributed by atoms with van der Waals surface area (Å²) in [4.78, 5) is 29.3. The first-order valence-corrected chi connectivity index (χ1v) is 11.1. The second-order valence-electron chi connectivity index (χ2n) is 6.52. The first kappa shape index (κ1) is 21.1. The Bertz CT molecular complexity index is 1020. The SMILES string of the molecule is CCNC(=O)CSc1nc(-c2ccccc2)c(NC(=O)c2ccc(C)c(C)c2)s1. The number of carbonyl (C=O) groups excluding carboxylic acids is 2. The van der Waals surface area contributed by atoms with Crippen LogP contribution in [0, 0.1) is 13.8 Å². The molecule has 0 aliphatic heterocycles. The Morgan fingerprint density at radius 2 is 1.83 bits per heavy atom. The zero-order valence-corrected chi connectivity index (χ0v) is 18.2. The number of anilines is 1. The van der Waals surface area contributed by atoms with Crippen molar-refractivity contribution in [3.05, 3.63) is 65.2 Å². The van der Waals surface area contributed by atoms with E-state index >= 15 is 0 Å². The van der Waals surface area contributed by atoms with Crippen molar-refractivity contribution in [1.29, 1.82) is 0 Å². The van der Waals surface area contributed by atoms with Crippen LogP contribution < -0.4 is 10.6 Å². The van der Waals surface area contributed by atoms with Crippen LogP contribution in [0.5, 0.6) is 0 Å². The number of aryl methyl sites for hydroxylation is 2. The van der Waals surface area contributed by atoms with Crippen LogP contribution in [0.4, 0.5) is 5.00 Å². The summed E-state index contributed by atoms with van der Waals surface area (Å²) in [6, 6.07) is 15.4. The molecule has 0 bridgehead atoms. The van der Waals surface area contributed by atoms with E-state index < -0.39 is 0 Å². The topological polar surface area (TPSA) is 71.1 Å². The van der Waals surface area contributed by atoms with Gasteiger partial charge in [-0.1, -0.05) is 59.5 Å². The molecule has 7 heteroatoms. The van der Waals surface area contributed by atoms with Crippen LogP contribution in [0.2, 0.25) is 0 Å². The average molecular weight is 426 g/mol. The fourth-order valence-corrected chi connectivity index (χ4v) is 4.56. The fraction of sp³-hybridized carbons (Fsp3) is 0.227. The minimum atomic E-state index is -0.172. The monoisotopic (exact) mass is 425 g/mol.